The number of benzene rings is 7. The van der Waals surface area contributed by atoms with Crippen LogP contribution < -0.4 is 9.75 Å². The summed E-state index contributed by atoms with van der Waals surface area (Å²) in [7, 11) is 0. The topological polar surface area (TPSA) is 56.7 Å². The van der Waals surface area contributed by atoms with Gasteiger partial charge in [-0.25, -0.2) is 15.0 Å². The maximum atomic E-state index is 6.32. The summed E-state index contributed by atoms with van der Waals surface area (Å²) in [5.41, 5.74) is 10.7. The number of nitrogens with zero attached hydrogens (tertiary/aromatic N) is 4. The van der Waals surface area contributed by atoms with Crippen LogP contribution >= 0.6 is 11.3 Å². The zero-order valence-electron chi connectivity index (χ0n) is 30.7. The highest BCUT2D eigenvalue weighted by molar-refractivity contribution is 7.18. The lowest BCUT2D eigenvalue weighted by molar-refractivity contribution is 0.669. The summed E-state index contributed by atoms with van der Waals surface area (Å²) in [6, 6.07) is 57.5. The molecule has 11 aromatic rings. The van der Waals surface area contributed by atoms with Crippen LogP contribution in [0.1, 0.15) is 18.7 Å². The fourth-order valence-corrected chi connectivity index (χ4v) is 10.2. The molecule has 0 radical (unpaired) electrons. The van der Waals surface area contributed by atoms with Crippen molar-refractivity contribution in [3.63, 3.8) is 0 Å². The predicted molar refractivity (Wildman–Crippen MR) is 235 cm³/mol. The molecule has 0 unspecified atom stereocenters. The van der Waals surface area contributed by atoms with Crippen LogP contribution in [0.3, 0.4) is 0 Å². The summed E-state index contributed by atoms with van der Waals surface area (Å²) in [4.78, 5) is 15.7. The summed E-state index contributed by atoms with van der Waals surface area (Å²) in [6.07, 6.45) is 4.14. The Morgan fingerprint density at radius 3 is 1.98 bits per heavy atom. The smallest absolute Gasteiger partial charge is 0.164 e. The van der Waals surface area contributed by atoms with Crippen molar-refractivity contribution in [1.29, 1.82) is 0 Å². The van der Waals surface area contributed by atoms with Crippen molar-refractivity contribution in [2.75, 3.05) is 0 Å². The summed E-state index contributed by atoms with van der Waals surface area (Å²) in [5, 5.41) is 7.20. The zero-order chi connectivity index (χ0) is 37.5. The van der Waals surface area contributed by atoms with Crippen molar-refractivity contribution < 1.29 is 4.42 Å². The number of hydrogen-bond donors (Lipinski definition) is 0. The molecule has 1 aliphatic carbocycles. The third-order valence-corrected chi connectivity index (χ3v) is 12.6. The van der Waals surface area contributed by atoms with Gasteiger partial charge in [-0.1, -0.05) is 127 Å². The quantitative estimate of drug-likeness (QED) is 0.176. The first-order valence-corrected chi connectivity index (χ1v) is 20.1. The Bertz CT molecular complexity index is 3510. The first kappa shape index (κ1) is 32.1. The second-order valence-electron chi connectivity index (χ2n) is 14.6. The molecule has 57 heavy (non-hydrogen) atoms. The lowest BCUT2D eigenvalue weighted by Crippen LogP contribution is -2.26. The van der Waals surface area contributed by atoms with Crippen molar-refractivity contribution in [3.8, 4) is 39.6 Å². The lowest BCUT2D eigenvalue weighted by Gasteiger charge is -2.12. The van der Waals surface area contributed by atoms with Crippen LogP contribution in [-0.4, -0.2) is 19.5 Å². The third kappa shape index (κ3) is 5.04. The van der Waals surface area contributed by atoms with E-state index >= 15 is 0 Å². The average molecular weight is 749 g/mol. The van der Waals surface area contributed by atoms with Crippen LogP contribution in [0.2, 0.25) is 0 Å². The summed E-state index contributed by atoms with van der Waals surface area (Å²) >= 11 is 1.87. The number of hydrogen-bond acceptors (Lipinski definition) is 5. The van der Waals surface area contributed by atoms with Gasteiger partial charge in [0.25, 0.3) is 0 Å². The van der Waals surface area contributed by atoms with Crippen LogP contribution in [0, 0.1) is 0 Å². The lowest BCUT2D eigenvalue weighted by atomic mass is 9.95. The van der Waals surface area contributed by atoms with E-state index in [0.29, 0.717) is 17.5 Å². The Kier molecular flexibility index (Phi) is 7.16. The first-order valence-electron chi connectivity index (χ1n) is 19.3. The van der Waals surface area contributed by atoms with Crippen LogP contribution in [-0.2, 0) is 0 Å². The Morgan fingerprint density at radius 1 is 0.526 bits per heavy atom. The summed E-state index contributed by atoms with van der Waals surface area (Å²) < 4.78 is 11.3. The van der Waals surface area contributed by atoms with Gasteiger partial charge in [-0.3, -0.25) is 0 Å². The maximum absolute atomic E-state index is 6.32. The van der Waals surface area contributed by atoms with Gasteiger partial charge in [0.1, 0.15) is 11.2 Å². The molecule has 0 N–H and O–H groups in total. The highest BCUT2D eigenvalue weighted by Gasteiger charge is 2.24. The Labute approximate surface area is 331 Å². The van der Waals surface area contributed by atoms with E-state index in [1.54, 1.807) is 0 Å². The molecule has 0 amide bonds. The molecular weight excluding hydrogens is 717 g/mol. The largest absolute Gasteiger partial charge is 0.456 e. The van der Waals surface area contributed by atoms with Crippen LogP contribution in [0.4, 0.5) is 0 Å². The standard InChI is InChI=1S/C51H32N4OS/c1-4-15-31(16-5-1)40-30-41-35-21-10-12-25-42(35)55(34-19-8-3-9-20-34)46(41)48-45(40)38-23-14-24-39(47(38)57-48)51-53-49(32-17-6-2-7-18-32)52-50(54-51)33-27-28-37-36-22-11-13-26-43(36)56-44(37)29-33/h1-13,15-23,25-30H,14,24H2. The summed E-state index contributed by atoms with van der Waals surface area (Å²) in [5.74, 6) is 2.00. The molecule has 0 saturated heterocycles. The summed E-state index contributed by atoms with van der Waals surface area (Å²) in [6.45, 7) is 0. The van der Waals surface area contributed by atoms with E-state index in [1.165, 1.54) is 52.8 Å². The molecule has 5 nitrogen and oxygen atoms in total. The number of rotatable bonds is 5. The van der Waals surface area contributed by atoms with Crippen LogP contribution in [0.15, 0.2) is 168 Å². The molecule has 0 bridgehead atoms. The van der Waals surface area contributed by atoms with E-state index in [2.05, 4.69) is 138 Å². The molecular formula is C51H32N4OS. The number of fused-ring (bicyclic) bond motifs is 10. The van der Waals surface area contributed by atoms with Gasteiger partial charge < -0.3 is 8.98 Å². The minimum atomic E-state index is 0.627. The van der Waals surface area contributed by atoms with Gasteiger partial charge in [-0.05, 0) is 71.7 Å². The van der Waals surface area contributed by atoms with E-state index in [0.717, 1.165) is 57.2 Å². The maximum Gasteiger partial charge on any atom is 0.164 e. The van der Waals surface area contributed by atoms with Crippen molar-refractivity contribution in [2.45, 2.75) is 12.8 Å². The van der Waals surface area contributed by atoms with Gasteiger partial charge in [-0.2, -0.15) is 0 Å². The molecule has 1 aliphatic rings. The fourth-order valence-electron chi connectivity index (χ4n) is 8.75. The third-order valence-electron chi connectivity index (χ3n) is 11.3. The molecule has 0 spiro atoms. The van der Waals surface area contributed by atoms with Crippen molar-refractivity contribution >= 4 is 76.8 Å². The number of thiophene rings is 1. The van der Waals surface area contributed by atoms with E-state index in [1.807, 2.05) is 47.7 Å². The molecule has 0 fully saturated rings. The Hall–Kier alpha value is -7.15. The monoisotopic (exact) mass is 748 g/mol. The second-order valence-corrected chi connectivity index (χ2v) is 15.6. The first-order chi connectivity index (χ1) is 28.3. The highest BCUT2D eigenvalue weighted by Crippen LogP contribution is 2.42. The van der Waals surface area contributed by atoms with E-state index in [4.69, 9.17) is 19.4 Å². The molecule has 4 heterocycles. The van der Waals surface area contributed by atoms with Crippen molar-refractivity contribution in [1.82, 2.24) is 19.5 Å². The van der Waals surface area contributed by atoms with Gasteiger partial charge in [0, 0.05) is 53.9 Å². The predicted octanol–water partition coefficient (Wildman–Crippen LogP) is 11.9. The van der Waals surface area contributed by atoms with Gasteiger partial charge in [0.15, 0.2) is 17.5 Å². The van der Waals surface area contributed by atoms with Gasteiger partial charge >= 0.3 is 0 Å². The van der Waals surface area contributed by atoms with E-state index in [-0.39, 0.29) is 0 Å². The normalized spacial score (nSPS) is 12.9. The Morgan fingerprint density at radius 2 is 1.18 bits per heavy atom. The minimum absolute atomic E-state index is 0.627. The minimum Gasteiger partial charge on any atom is -0.456 e. The molecule has 4 aromatic heterocycles. The average Bonchev–Trinajstić information content (AvgIpc) is 3.96. The number of furan rings is 1. The SMILES string of the molecule is C1=c2c(sc3c2c(-c2ccccc2)cc2c4ccccc4n(-c4ccccc4)c23)=C(c2nc(-c3ccccc3)nc(-c3ccc4c(c3)oc3ccccc34)n2)CC1. The zero-order valence-corrected chi connectivity index (χ0v) is 31.5. The van der Waals surface area contributed by atoms with Crippen LogP contribution in [0.5, 0.6) is 0 Å². The fraction of sp³-hybridized carbons (Fsp3) is 0.0392. The van der Waals surface area contributed by atoms with E-state index < -0.39 is 0 Å². The van der Waals surface area contributed by atoms with Gasteiger partial charge in [-0.15, -0.1) is 11.3 Å². The molecule has 12 rings (SSSR count). The number of para-hydroxylation sites is 3. The van der Waals surface area contributed by atoms with E-state index in [9.17, 15) is 0 Å². The molecule has 7 aromatic carbocycles. The Balaban J connectivity index is 1.18. The molecule has 6 heteroatoms. The van der Waals surface area contributed by atoms with Crippen molar-refractivity contribution in [2.24, 2.45) is 0 Å². The molecule has 0 atom stereocenters. The number of aromatic nitrogens is 4. The van der Waals surface area contributed by atoms with Gasteiger partial charge in [0.2, 0.25) is 0 Å². The molecule has 268 valence electrons. The van der Waals surface area contributed by atoms with Crippen LogP contribution in [0.25, 0.3) is 105 Å². The van der Waals surface area contributed by atoms with Crippen molar-refractivity contribution in [3.05, 3.63) is 179 Å². The van der Waals surface area contributed by atoms with Gasteiger partial charge in [0.05, 0.1) is 15.7 Å². The molecule has 0 aliphatic heterocycles. The molecule has 0 saturated carbocycles. The highest BCUT2D eigenvalue weighted by atomic mass is 32.1. The second kappa shape index (κ2) is 12.7.